The van der Waals surface area contributed by atoms with Gasteiger partial charge in [-0.05, 0) is 24.3 Å². The minimum absolute atomic E-state index is 0.0263. The average Bonchev–Trinajstić information content (AvgIpc) is 2.57. The maximum Gasteiger partial charge on any atom is 0.259 e. The molecule has 1 aliphatic heterocycles. The molecule has 1 saturated heterocycles. The largest absolute Gasteiger partial charge is 0.378 e. The molecular formula is C15H15FN4O2. The molecule has 114 valence electrons. The quantitative estimate of drug-likeness (QED) is 0.935. The third-order valence-electron chi connectivity index (χ3n) is 3.35. The second kappa shape index (κ2) is 6.48. The van der Waals surface area contributed by atoms with Gasteiger partial charge in [0.25, 0.3) is 5.91 Å². The topological polar surface area (TPSA) is 67.4 Å². The Hall–Kier alpha value is -2.54. The van der Waals surface area contributed by atoms with E-state index in [0.29, 0.717) is 13.2 Å². The lowest BCUT2D eigenvalue weighted by molar-refractivity contribution is 0.102. The third kappa shape index (κ3) is 3.20. The molecule has 1 amide bonds. The fourth-order valence-electron chi connectivity index (χ4n) is 2.18. The first-order valence-corrected chi connectivity index (χ1v) is 6.96. The zero-order valence-corrected chi connectivity index (χ0v) is 11.8. The highest BCUT2D eigenvalue weighted by Crippen LogP contribution is 2.14. The molecular weight excluding hydrogens is 287 g/mol. The minimum Gasteiger partial charge on any atom is -0.378 e. The second-order valence-corrected chi connectivity index (χ2v) is 4.81. The van der Waals surface area contributed by atoms with Gasteiger partial charge in [0.15, 0.2) is 11.6 Å². The fraction of sp³-hybridized carbons (Fsp3) is 0.267. The molecule has 1 aromatic carbocycles. The number of anilines is 2. The van der Waals surface area contributed by atoms with Crippen molar-refractivity contribution in [1.29, 1.82) is 0 Å². The van der Waals surface area contributed by atoms with E-state index in [4.69, 9.17) is 4.74 Å². The molecule has 0 aliphatic carbocycles. The van der Waals surface area contributed by atoms with Gasteiger partial charge in [-0.15, -0.1) is 10.2 Å². The summed E-state index contributed by atoms with van der Waals surface area (Å²) in [6, 6.07) is 9.21. The van der Waals surface area contributed by atoms with E-state index in [1.807, 2.05) is 0 Å². The SMILES string of the molecule is O=C(Nc1ccc(N2CCOCC2)nn1)c1ccccc1F. The first-order chi connectivity index (χ1) is 10.7. The molecule has 1 fully saturated rings. The van der Waals surface area contributed by atoms with Gasteiger partial charge >= 0.3 is 0 Å². The molecule has 6 nitrogen and oxygen atoms in total. The highest BCUT2D eigenvalue weighted by atomic mass is 19.1. The molecule has 0 radical (unpaired) electrons. The standard InChI is InChI=1S/C15H15FN4O2/c16-12-4-2-1-3-11(12)15(21)17-13-5-6-14(19-18-13)20-7-9-22-10-8-20/h1-6H,7-10H2,(H,17,18,21). The Morgan fingerprint density at radius 2 is 1.91 bits per heavy atom. The van der Waals surface area contributed by atoms with Gasteiger partial charge in [-0.3, -0.25) is 4.79 Å². The lowest BCUT2D eigenvalue weighted by Gasteiger charge is -2.27. The van der Waals surface area contributed by atoms with Gasteiger partial charge in [-0.1, -0.05) is 12.1 Å². The molecule has 1 N–H and O–H groups in total. The number of rotatable bonds is 3. The van der Waals surface area contributed by atoms with E-state index in [1.165, 1.54) is 18.2 Å². The van der Waals surface area contributed by atoms with Crippen LogP contribution in [0.1, 0.15) is 10.4 Å². The number of carbonyl (C=O) groups excluding carboxylic acids is 1. The number of benzene rings is 1. The van der Waals surface area contributed by atoms with Crippen LogP contribution in [0.3, 0.4) is 0 Å². The highest BCUT2D eigenvalue weighted by Gasteiger charge is 2.14. The third-order valence-corrected chi connectivity index (χ3v) is 3.35. The Bertz CT molecular complexity index is 657. The van der Waals surface area contributed by atoms with Gasteiger partial charge in [0.2, 0.25) is 0 Å². The molecule has 0 unspecified atom stereocenters. The number of ether oxygens (including phenoxy) is 1. The van der Waals surface area contributed by atoms with Gasteiger partial charge in [-0.25, -0.2) is 4.39 Å². The van der Waals surface area contributed by atoms with E-state index in [9.17, 15) is 9.18 Å². The van der Waals surface area contributed by atoms with Crippen LogP contribution in [0.2, 0.25) is 0 Å². The summed E-state index contributed by atoms with van der Waals surface area (Å²) in [6.45, 7) is 2.84. The van der Waals surface area contributed by atoms with Crippen molar-refractivity contribution < 1.29 is 13.9 Å². The zero-order valence-electron chi connectivity index (χ0n) is 11.8. The van der Waals surface area contributed by atoms with E-state index in [1.54, 1.807) is 18.2 Å². The van der Waals surface area contributed by atoms with E-state index < -0.39 is 11.7 Å². The zero-order chi connectivity index (χ0) is 15.4. The van der Waals surface area contributed by atoms with Crippen molar-refractivity contribution in [2.45, 2.75) is 0 Å². The maximum atomic E-state index is 13.5. The molecule has 0 atom stereocenters. The summed E-state index contributed by atoms with van der Waals surface area (Å²) in [7, 11) is 0. The molecule has 2 aromatic rings. The predicted octanol–water partition coefficient (Wildman–Crippen LogP) is 1.70. The first kappa shape index (κ1) is 14.4. The van der Waals surface area contributed by atoms with Crippen LogP contribution >= 0.6 is 0 Å². The Kier molecular flexibility index (Phi) is 4.24. The summed E-state index contributed by atoms with van der Waals surface area (Å²) in [5, 5.41) is 10.6. The summed E-state index contributed by atoms with van der Waals surface area (Å²) >= 11 is 0. The average molecular weight is 302 g/mol. The van der Waals surface area contributed by atoms with Crippen molar-refractivity contribution in [3.8, 4) is 0 Å². The second-order valence-electron chi connectivity index (χ2n) is 4.81. The molecule has 0 spiro atoms. The molecule has 1 aliphatic rings. The highest BCUT2D eigenvalue weighted by molar-refractivity contribution is 6.03. The molecule has 0 bridgehead atoms. The number of amides is 1. The lowest BCUT2D eigenvalue weighted by atomic mass is 10.2. The molecule has 1 aromatic heterocycles. The fourth-order valence-corrected chi connectivity index (χ4v) is 2.18. The van der Waals surface area contributed by atoms with E-state index in [0.717, 1.165) is 18.9 Å². The normalized spacial score (nSPS) is 14.7. The van der Waals surface area contributed by atoms with Gasteiger partial charge in [0.05, 0.1) is 18.8 Å². The summed E-state index contributed by atoms with van der Waals surface area (Å²) in [5.41, 5.74) is -0.0263. The van der Waals surface area contributed by atoms with E-state index in [-0.39, 0.29) is 11.4 Å². The van der Waals surface area contributed by atoms with Crippen molar-refractivity contribution >= 4 is 17.5 Å². The van der Waals surface area contributed by atoms with Crippen LogP contribution in [0.4, 0.5) is 16.0 Å². The van der Waals surface area contributed by atoms with Gasteiger partial charge in [0, 0.05) is 13.1 Å². The maximum absolute atomic E-state index is 13.5. The number of nitrogens with one attached hydrogen (secondary N) is 1. The van der Waals surface area contributed by atoms with Crippen LogP contribution in [-0.2, 0) is 4.74 Å². The lowest BCUT2D eigenvalue weighted by Crippen LogP contribution is -2.36. The van der Waals surface area contributed by atoms with Crippen LogP contribution in [0, 0.1) is 5.82 Å². The van der Waals surface area contributed by atoms with Gasteiger partial charge in [-0.2, -0.15) is 0 Å². The van der Waals surface area contributed by atoms with E-state index in [2.05, 4.69) is 20.4 Å². The Morgan fingerprint density at radius 3 is 2.59 bits per heavy atom. The van der Waals surface area contributed by atoms with Crippen LogP contribution in [0.25, 0.3) is 0 Å². The smallest absolute Gasteiger partial charge is 0.259 e. The van der Waals surface area contributed by atoms with Crippen LogP contribution in [0.5, 0.6) is 0 Å². The number of morpholine rings is 1. The Balaban J connectivity index is 1.68. The monoisotopic (exact) mass is 302 g/mol. The number of carbonyl (C=O) groups is 1. The first-order valence-electron chi connectivity index (χ1n) is 6.96. The van der Waals surface area contributed by atoms with Crippen molar-refractivity contribution in [1.82, 2.24) is 10.2 Å². The van der Waals surface area contributed by atoms with Gasteiger partial charge in [0.1, 0.15) is 5.82 Å². The molecule has 7 heteroatoms. The van der Waals surface area contributed by atoms with Crippen molar-refractivity contribution in [3.63, 3.8) is 0 Å². The van der Waals surface area contributed by atoms with Crippen molar-refractivity contribution in [3.05, 3.63) is 47.8 Å². The van der Waals surface area contributed by atoms with Crippen LogP contribution < -0.4 is 10.2 Å². The van der Waals surface area contributed by atoms with Crippen molar-refractivity contribution in [2.24, 2.45) is 0 Å². The number of halogens is 1. The summed E-state index contributed by atoms with van der Waals surface area (Å²) in [5.74, 6) is -0.109. The van der Waals surface area contributed by atoms with E-state index >= 15 is 0 Å². The number of nitrogens with zero attached hydrogens (tertiary/aromatic N) is 3. The minimum atomic E-state index is -0.571. The number of hydrogen-bond acceptors (Lipinski definition) is 5. The Morgan fingerprint density at radius 1 is 1.14 bits per heavy atom. The molecule has 22 heavy (non-hydrogen) atoms. The molecule has 2 heterocycles. The van der Waals surface area contributed by atoms with Crippen molar-refractivity contribution in [2.75, 3.05) is 36.5 Å². The van der Waals surface area contributed by atoms with Gasteiger partial charge < -0.3 is 15.0 Å². The number of aromatic nitrogens is 2. The van der Waals surface area contributed by atoms with Crippen LogP contribution in [-0.4, -0.2) is 42.4 Å². The predicted molar refractivity (Wildman–Crippen MR) is 79.4 cm³/mol. The van der Waals surface area contributed by atoms with Crippen LogP contribution in [0.15, 0.2) is 36.4 Å². The summed E-state index contributed by atoms with van der Waals surface area (Å²) in [4.78, 5) is 14.0. The summed E-state index contributed by atoms with van der Waals surface area (Å²) in [6.07, 6.45) is 0. The number of hydrogen-bond donors (Lipinski definition) is 1. The Labute approximate surface area is 126 Å². The summed E-state index contributed by atoms with van der Waals surface area (Å²) < 4.78 is 18.8. The molecule has 0 saturated carbocycles. The molecule has 3 rings (SSSR count).